The highest BCUT2D eigenvalue weighted by Crippen LogP contribution is 2.23. The molecule has 0 radical (unpaired) electrons. The molecule has 7 heteroatoms. The van der Waals surface area contributed by atoms with Crippen molar-refractivity contribution in [3.05, 3.63) is 30.1 Å². The summed E-state index contributed by atoms with van der Waals surface area (Å²) >= 11 is 0. The molecule has 0 bridgehead atoms. The number of sulfonamides is 1. The lowest BCUT2D eigenvalue weighted by Crippen LogP contribution is -2.40. The fraction of sp³-hybridized carbons (Fsp3) is 0.462. The fourth-order valence-electron chi connectivity index (χ4n) is 2.33. The van der Waals surface area contributed by atoms with Gasteiger partial charge in [0.1, 0.15) is 17.0 Å². The minimum atomic E-state index is -3.94. The monoisotopic (exact) mass is 300 g/mol. The summed E-state index contributed by atoms with van der Waals surface area (Å²) in [4.78, 5) is 10.7. The molecule has 20 heavy (non-hydrogen) atoms. The molecular weight excluding hydrogens is 283 g/mol. The van der Waals surface area contributed by atoms with Crippen LogP contribution in [0, 0.1) is 11.7 Å². The quantitative estimate of drug-likeness (QED) is 0.835. The van der Waals surface area contributed by atoms with E-state index in [2.05, 4.69) is 0 Å². The highest BCUT2D eigenvalue weighted by atomic mass is 32.2. The SMILES string of the molecule is NC1CCCN(S(=O)(=O)c2ccccc2F)CC1C=O. The first kappa shape index (κ1) is 15.1. The molecule has 0 aliphatic carbocycles. The van der Waals surface area contributed by atoms with Gasteiger partial charge in [-0.3, -0.25) is 0 Å². The van der Waals surface area contributed by atoms with Crippen LogP contribution in [0.25, 0.3) is 0 Å². The van der Waals surface area contributed by atoms with Gasteiger partial charge in [0.25, 0.3) is 0 Å². The molecule has 110 valence electrons. The lowest BCUT2D eigenvalue weighted by Gasteiger charge is -2.23. The second-order valence-corrected chi connectivity index (χ2v) is 6.81. The van der Waals surface area contributed by atoms with E-state index in [4.69, 9.17) is 5.73 Å². The van der Waals surface area contributed by atoms with Crippen LogP contribution in [-0.4, -0.2) is 38.1 Å². The molecule has 0 saturated carbocycles. The van der Waals surface area contributed by atoms with Crippen LogP contribution >= 0.6 is 0 Å². The topological polar surface area (TPSA) is 80.5 Å². The second-order valence-electron chi connectivity index (χ2n) is 4.90. The van der Waals surface area contributed by atoms with Gasteiger partial charge in [-0.05, 0) is 25.0 Å². The Morgan fingerprint density at radius 1 is 1.35 bits per heavy atom. The van der Waals surface area contributed by atoms with Gasteiger partial charge in [-0.25, -0.2) is 12.8 Å². The van der Waals surface area contributed by atoms with Crippen molar-refractivity contribution < 1.29 is 17.6 Å². The van der Waals surface area contributed by atoms with E-state index in [1.807, 2.05) is 0 Å². The first-order chi connectivity index (χ1) is 9.46. The van der Waals surface area contributed by atoms with Crippen LogP contribution in [0.4, 0.5) is 4.39 Å². The third-order valence-corrected chi connectivity index (χ3v) is 5.44. The van der Waals surface area contributed by atoms with E-state index in [-0.39, 0.29) is 24.0 Å². The summed E-state index contributed by atoms with van der Waals surface area (Å²) in [6, 6.07) is 4.88. The van der Waals surface area contributed by atoms with Crippen molar-refractivity contribution in [3.63, 3.8) is 0 Å². The summed E-state index contributed by atoms with van der Waals surface area (Å²) < 4.78 is 39.8. The van der Waals surface area contributed by atoms with Crippen LogP contribution in [0.5, 0.6) is 0 Å². The molecule has 0 amide bonds. The van der Waals surface area contributed by atoms with E-state index < -0.39 is 21.8 Å². The molecule has 2 N–H and O–H groups in total. The number of nitrogens with zero attached hydrogens (tertiary/aromatic N) is 1. The summed E-state index contributed by atoms with van der Waals surface area (Å²) in [7, 11) is -3.94. The lowest BCUT2D eigenvalue weighted by atomic mass is 10.00. The number of hydrogen-bond donors (Lipinski definition) is 1. The minimum Gasteiger partial charge on any atom is -0.327 e. The number of nitrogens with two attached hydrogens (primary N) is 1. The molecule has 2 atom stereocenters. The molecule has 1 aromatic rings. The summed E-state index contributed by atoms with van der Waals surface area (Å²) in [5.41, 5.74) is 5.84. The maximum Gasteiger partial charge on any atom is 0.246 e. The van der Waals surface area contributed by atoms with E-state index in [1.54, 1.807) is 0 Å². The third kappa shape index (κ3) is 2.89. The molecule has 1 aliphatic heterocycles. The average Bonchev–Trinajstić information content (AvgIpc) is 2.61. The van der Waals surface area contributed by atoms with Crippen LogP contribution in [0.2, 0.25) is 0 Å². The van der Waals surface area contributed by atoms with E-state index in [9.17, 15) is 17.6 Å². The molecule has 1 fully saturated rings. The largest absolute Gasteiger partial charge is 0.327 e. The van der Waals surface area contributed by atoms with Crippen LogP contribution in [0.15, 0.2) is 29.2 Å². The van der Waals surface area contributed by atoms with Gasteiger partial charge in [-0.1, -0.05) is 12.1 Å². The van der Waals surface area contributed by atoms with Crippen LogP contribution in [0.1, 0.15) is 12.8 Å². The van der Waals surface area contributed by atoms with Crippen molar-refractivity contribution in [1.82, 2.24) is 4.31 Å². The number of rotatable bonds is 3. The third-order valence-electron chi connectivity index (χ3n) is 3.54. The molecule has 1 aromatic carbocycles. The lowest BCUT2D eigenvalue weighted by molar-refractivity contribution is -0.111. The number of aldehydes is 1. The summed E-state index contributed by atoms with van der Waals surface area (Å²) in [6.45, 7) is 0.246. The van der Waals surface area contributed by atoms with Crippen LogP contribution in [-0.2, 0) is 14.8 Å². The van der Waals surface area contributed by atoms with E-state index in [0.29, 0.717) is 19.1 Å². The Morgan fingerprint density at radius 3 is 2.70 bits per heavy atom. The Labute approximate surface area is 117 Å². The van der Waals surface area contributed by atoms with Crippen molar-refractivity contribution in [2.24, 2.45) is 11.7 Å². The second kappa shape index (κ2) is 5.99. The first-order valence-corrected chi connectivity index (χ1v) is 7.86. The predicted octanol–water partition coefficient (Wildman–Crippen LogP) is 0.753. The molecule has 1 aliphatic rings. The summed E-state index contributed by atoms with van der Waals surface area (Å²) in [6.07, 6.45) is 1.81. The zero-order valence-electron chi connectivity index (χ0n) is 10.9. The van der Waals surface area contributed by atoms with Gasteiger partial charge in [-0.2, -0.15) is 4.31 Å². The zero-order valence-corrected chi connectivity index (χ0v) is 11.7. The van der Waals surface area contributed by atoms with E-state index in [1.165, 1.54) is 18.2 Å². The number of benzene rings is 1. The first-order valence-electron chi connectivity index (χ1n) is 6.42. The van der Waals surface area contributed by atoms with Crippen molar-refractivity contribution in [3.8, 4) is 0 Å². The highest BCUT2D eigenvalue weighted by molar-refractivity contribution is 7.89. The average molecular weight is 300 g/mol. The van der Waals surface area contributed by atoms with Crippen LogP contribution < -0.4 is 5.73 Å². The molecular formula is C13H17FN2O3S. The van der Waals surface area contributed by atoms with Crippen molar-refractivity contribution in [2.45, 2.75) is 23.8 Å². The highest BCUT2D eigenvalue weighted by Gasteiger charge is 2.33. The Balaban J connectivity index is 2.34. The standard InChI is InChI=1S/C13H17FN2O3S/c14-11-4-1-2-6-13(11)20(18,19)16-7-3-5-12(15)10(8-16)9-17/h1-2,4,6,9-10,12H,3,5,7-8,15H2. The van der Waals surface area contributed by atoms with Gasteiger partial charge in [0.15, 0.2) is 0 Å². The van der Waals surface area contributed by atoms with Gasteiger partial charge in [0, 0.05) is 25.0 Å². The predicted molar refractivity (Wildman–Crippen MR) is 71.9 cm³/mol. The Hall–Kier alpha value is -1.31. The fourth-order valence-corrected chi connectivity index (χ4v) is 3.92. The number of carbonyl (C=O) groups excluding carboxylic acids is 1. The Morgan fingerprint density at radius 2 is 2.05 bits per heavy atom. The number of carbonyl (C=O) groups is 1. The molecule has 2 rings (SSSR count). The molecule has 0 spiro atoms. The van der Waals surface area contributed by atoms with Crippen molar-refractivity contribution >= 4 is 16.3 Å². The Bertz CT molecular complexity index is 591. The smallest absolute Gasteiger partial charge is 0.246 e. The molecule has 5 nitrogen and oxygen atoms in total. The van der Waals surface area contributed by atoms with Gasteiger partial charge in [0.2, 0.25) is 10.0 Å². The maximum absolute atomic E-state index is 13.7. The molecule has 1 saturated heterocycles. The van der Waals surface area contributed by atoms with Crippen molar-refractivity contribution in [2.75, 3.05) is 13.1 Å². The van der Waals surface area contributed by atoms with Gasteiger partial charge in [-0.15, -0.1) is 0 Å². The molecule has 1 heterocycles. The number of halogens is 1. The van der Waals surface area contributed by atoms with E-state index in [0.717, 1.165) is 10.4 Å². The normalized spacial score (nSPS) is 25.1. The minimum absolute atomic E-state index is 0.00132. The van der Waals surface area contributed by atoms with E-state index >= 15 is 0 Å². The zero-order chi connectivity index (χ0) is 14.8. The maximum atomic E-state index is 13.7. The molecule has 0 aromatic heterocycles. The van der Waals surface area contributed by atoms with Gasteiger partial charge in [0.05, 0.1) is 0 Å². The van der Waals surface area contributed by atoms with Gasteiger partial charge < -0.3 is 10.5 Å². The van der Waals surface area contributed by atoms with Crippen LogP contribution in [0.3, 0.4) is 0 Å². The molecule has 2 unspecified atom stereocenters. The number of hydrogen-bond acceptors (Lipinski definition) is 4. The van der Waals surface area contributed by atoms with Crippen molar-refractivity contribution in [1.29, 1.82) is 0 Å². The summed E-state index contributed by atoms with van der Waals surface area (Å²) in [5, 5.41) is 0. The Kier molecular flexibility index (Phi) is 4.52. The summed E-state index contributed by atoms with van der Waals surface area (Å²) in [5.74, 6) is -1.34. The van der Waals surface area contributed by atoms with Gasteiger partial charge >= 0.3 is 0 Å².